The molecule has 0 spiro atoms. The zero-order valence-corrected chi connectivity index (χ0v) is 9.31. The van der Waals surface area contributed by atoms with Crippen molar-refractivity contribution >= 4 is 17.3 Å². The molecule has 8 heteroatoms. The third-order valence-corrected chi connectivity index (χ3v) is 2.27. The van der Waals surface area contributed by atoms with E-state index in [0.29, 0.717) is 12.1 Å². The summed E-state index contributed by atoms with van der Waals surface area (Å²) in [6.45, 7) is 1.54. The lowest BCUT2D eigenvalue weighted by Gasteiger charge is -2.14. The number of carboxylic acids is 1. The Kier molecular flexibility index (Phi) is 4.13. The van der Waals surface area contributed by atoms with Gasteiger partial charge in [0.25, 0.3) is 0 Å². The van der Waals surface area contributed by atoms with E-state index < -0.39 is 39.9 Å². The Hall–Kier alpha value is -2.25. The molecule has 0 bridgehead atoms. The number of anilines is 1. The van der Waals surface area contributed by atoms with Crippen molar-refractivity contribution in [2.75, 3.05) is 5.32 Å². The number of nitro groups is 1. The average Bonchev–Trinajstić information content (AvgIpc) is 2.26. The van der Waals surface area contributed by atoms with Gasteiger partial charge in [0, 0.05) is 12.1 Å². The molecule has 2 N–H and O–H groups in total. The van der Waals surface area contributed by atoms with Crippen molar-refractivity contribution in [1.82, 2.24) is 0 Å². The number of nitrogens with one attached hydrogen (secondary N) is 1. The van der Waals surface area contributed by atoms with Crippen molar-refractivity contribution in [3.05, 3.63) is 33.9 Å². The number of benzene rings is 1. The van der Waals surface area contributed by atoms with E-state index in [1.807, 2.05) is 0 Å². The quantitative estimate of drug-likeness (QED) is 0.625. The second-order valence-corrected chi connectivity index (χ2v) is 3.48. The largest absolute Gasteiger partial charge is 0.480 e. The van der Waals surface area contributed by atoms with Crippen molar-refractivity contribution in [2.24, 2.45) is 0 Å². The van der Waals surface area contributed by atoms with Crippen molar-refractivity contribution in [1.29, 1.82) is 0 Å². The molecule has 0 radical (unpaired) electrons. The Balaban J connectivity index is 3.12. The van der Waals surface area contributed by atoms with Gasteiger partial charge in [-0.1, -0.05) is 6.92 Å². The summed E-state index contributed by atoms with van der Waals surface area (Å²) >= 11 is 0. The van der Waals surface area contributed by atoms with Crippen molar-refractivity contribution in [2.45, 2.75) is 19.4 Å². The molecule has 1 aromatic rings. The maximum absolute atomic E-state index is 13.3. The fraction of sp³-hybridized carbons (Fsp3) is 0.300. The molecule has 0 fully saturated rings. The van der Waals surface area contributed by atoms with Crippen LogP contribution in [0.3, 0.4) is 0 Å². The third kappa shape index (κ3) is 2.90. The lowest BCUT2D eigenvalue weighted by molar-refractivity contribution is -0.387. The molecule has 0 saturated heterocycles. The van der Waals surface area contributed by atoms with Crippen LogP contribution in [-0.4, -0.2) is 22.0 Å². The number of hydrogen-bond acceptors (Lipinski definition) is 4. The number of rotatable bonds is 5. The van der Waals surface area contributed by atoms with Gasteiger partial charge in [0.05, 0.1) is 10.6 Å². The molecule has 18 heavy (non-hydrogen) atoms. The first-order chi connectivity index (χ1) is 8.36. The van der Waals surface area contributed by atoms with Crippen molar-refractivity contribution in [3.8, 4) is 0 Å². The molecule has 0 amide bonds. The first-order valence-corrected chi connectivity index (χ1v) is 4.99. The summed E-state index contributed by atoms with van der Waals surface area (Å²) in [6.07, 6.45) is 0.139. The molecule has 0 saturated carbocycles. The first kappa shape index (κ1) is 13.8. The Bertz CT molecular complexity index is 493. The van der Waals surface area contributed by atoms with Crippen LogP contribution in [0.1, 0.15) is 13.3 Å². The molecule has 0 aliphatic rings. The monoisotopic (exact) mass is 260 g/mol. The number of nitro benzene ring substituents is 1. The van der Waals surface area contributed by atoms with Crippen LogP contribution in [0.5, 0.6) is 0 Å². The Morgan fingerprint density at radius 1 is 1.50 bits per heavy atom. The van der Waals surface area contributed by atoms with Gasteiger partial charge in [0.2, 0.25) is 5.82 Å². The second-order valence-electron chi connectivity index (χ2n) is 3.48. The smallest absolute Gasteiger partial charge is 0.326 e. The van der Waals surface area contributed by atoms with Crippen LogP contribution in [0.25, 0.3) is 0 Å². The molecule has 0 aromatic heterocycles. The van der Waals surface area contributed by atoms with E-state index in [0.717, 1.165) is 0 Å². The Morgan fingerprint density at radius 2 is 2.11 bits per heavy atom. The Morgan fingerprint density at radius 3 is 2.56 bits per heavy atom. The first-order valence-electron chi connectivity index (χ1n) is 4.99. The number of aliphatic carboxylic acids is 1. The van der Waals surface area contributed by atoms with Crippen LogP contribution in [0, 0.1) is 21.7 Å². The van der Waals surface area contributed by atoms with Crippen LogP contribution in [0.15, 0.2) is 12.1 Å². The zero-order chi connectivity index (χ0) is 13.9. The minimum Gasteiger partial charge on any atom is -0.480 e. The minimum atomic E-state index is -1.31. The normalized spacial score (nSPS) is 11.9. The molecule has 98 valence electrons. The highest BCUT2D eigenvalue weighted by molar-refractivity contribution is 5.77. The van der Waals surface area contributed by atoms with Gasteiger partial charge < -0.3 is 10.4 Å². The maximum atomic E-state index is 13.3. The molecule has 6 nitrogen and oxygen atoms in total. The number of carbonyl (C=O) groups is 1. The predicted octanol–water partition coefficient (Wildman–Crippen LogP) is 2.15. The summed E-state index contributed by atoms with van der Waals surface area (Å²) in [4.78, 5) is 20.2. The van der Waals surface area contributed by atoms with Gasteiger partial charge in [-0.3, -0.25) is 10.1 Å². The van der Waals surface area contributed by atoms with E-state index in [1.165, 1.54) is 0 Å². The predicted molar refractivity (Wildman–Crippen MR) is 58.3 cm³/mol. The molecule has 0 aliphatic heterocycles. The molecule has 1 aromatic carbocycles. The standard InChI is InChI=1S/C10H10F2N2O4/c1-2-7(10(15)16)13-8-4-9(14(17)18)6(12)3-5(8)11/h3-4,7,13H,2H2,1H3,(H,15,16). The topological polar surface area (TPSA) is 92.5 Å². The lowest BCUT2D eigenvalue weighted by atomic mass is 10.2. The van der Waals surface area contributed by atoms with Crippen LogP contribution in [0.2, 0.25) is 0 Å². The highest BCUT2D eigenvalue weighted by atomic mass is 19.1. The SMILES string of the molecule is CCC(Nc1cc([N+](=O)[O-])c(F)cc1F)C(=O)O. The van der Waals surface area contributed by atoms with E-state index in [9.17, 15) is 23.7 Å². The minimum absolute atomic E-state index is 0.139. The molecule has 1 atom stereocenters. The summed E-state index contributed by atoms with van der Waals surface area (Å²) in [5, 5.41) is 21.5. The van der Waals surface area contributed by atoms with Crippen LogP contribution >= 0.6 is 0 Å². The highest BCUT2D eigenvalue weighted by Gasteiger charge is 2.22. The van der Waals surface area contributed by atoms with Gasteiger partial charge in [0.1, 0.15) is 11.9 Å². The fourth-order valence-electron chi connectivity index (χ4n) is 1.31. The van der Waals surface area contributed by atoms with E-state index >= 15 is 0 Å². The van der Waals surface area contributed by atoms with E-state index in [-0.39, 0.29) is 6.42 Å². The van der Waals surface area contributed by atoms with Crippen LogP contribution in [-0.2, 0) is 4.79 Å². The maximum Gasteiger partial charge on any atom is 0.326 e. The summed E-state index contributed by atoms with van der Waals surface area (Å²) in [7, 11) is 0. The summed E-state index contributed by atoms with van der Waals surface area (Å²) in [5.41, 5.74) is -1.34. The molecular formula is C10H10F2N2O4. The number of nitrogens with zero attached hydrogens (tertiary/aromatic N) is 1. The van der Waals surface area contributed by atoms with Crippen LogP contribution < -0.4 is 5.32 Å². The summed E-state index contributed by atoms with van der Waals surface area (Å²) < 4.78 is 26.4. The highest BCUT2D eigenvalue weighted by Crippen LogP contribution is 2.25. The second kappa shape index (κ2) is 5.39. The number of carboxylic acid groups (broad SMARTS) is 1. The van der Waals surface area contributed by atoms with Crippen molar-refractivity contribution < 1.29 is 23.6 Å². The van der Waals surface area contributed by atoms with Gasteiger partial charge in [-0.2, -0.15) is 4.39 Å². The molecule has 0 aliphatic carbocycles. The molecule has 1 unspecified atom stereocenters. The van der Waals surface area contributed by atoms with Gasteiger partial charge in [-0.15, -0.1) is 0 Å². The Labute approximate surface area is 100 Å². The number of halogens is 2. The van der Waals surface area contributed by atoms with Crippen molar-refractivity contribution in [3.63, 3.8) is 0 Å². The molecule has 0 heterocycles. The summed E-state index contributed by atoms with van der Waals surface area (Å²) in [5.74, 6) is -3.63. The molecular weight excluding hydrogens is 250 g/mol. The van der Waals surface area contributed by atoms with E-state index in [1.54, 1.807) is 6.92 Å². The number of hydrogen-bond donors (Lipinski definition) is 2. The lowest BCUT2D eigenvalue weighted by Crippen LogP contribution is -2.28. The fourth-order valence-corrected chi connectivity index (χ4v) is 1.31. The van der Waals surface area contributed by atoms with Gasteiger partial charge in [0.15, 0.2) is 0 Å². The van der Waals surface area contributed by atoms with E-state index in [4.69, 9.17) is 5.11 Å². The summed E-state index contributed by atoms with van der Waals surface area (Å²) in [6, 6.07) is -0.129. The van der Waals surface area contributed by atoms with Crippen LogP contribution in [0.4, 0.5) is 20.2 Å². The van der Waals surface area contributed by atoms with E-state index in [2.05, 4.69) is 5.32 Å². The zero-order valence-electron chi connectivity index (χ0n) is 9.31. The van der Waals surface area contributed by atoms with Gasteiger partial charge in [-0.25, -0.2) is 9.18 Å². The average molecular weight is 260 g/mol. The van der Waals surface area contributed by atoms with Gasteiger partial charge >= 0.3 is 11.7 Å². The molecule has 1 rings (SSSR count). The van der Waals surface area contributed by atoms with Gasteiger partial charge in [-0.05, 0) is 6.42 Å². The third-order valence-electron chi connectivity index (χ3n) is 2.27.